The Morgan fingerprint density at radius 3 is 2.05 bits per heavy atom. The molecular weight excluding hydrogens is 474 g/mol. The van der Waals surface area contributed by atoms with E-state index in [4.69, 9.17) is 6.57 Å². The lowest BCUT2D eigenvalue weighted by Gasteiger charge is -2.48. The molecule has 0 unspecified atom stereocenters. The van der Waals surface area contributed by atoms with E-state index in [0.29, 0.717) is 29.9 Å². The Hall–Kier alpha value is -4.16. The molecule has 0 radical (unpaired) electrons. The largest absolute Gasteiger partial charge is 0.361 e. The first-order chi connectivity index (χ1) is 17.8. The molecule has 5 rings (SSSR count). The van der Waals surface area contributed by atoms with Crippen LogP contribution in [0.15, 0.2) is 65.5 Å². The second kappa shape index (κ2) is 9.71. The number of fused-ring (bicyclic) bond motifs is 1. The van der Waals surface area contributed by atoms with E-state index in [-0.39, 0.29) is 35.6 Å². The predicted octanol–water partition coefficient (Wildman–Crippen LogP) is 4.85. The minimum absolute atomic E-state index is 0.0127. The summed E-state index contributed by atoms with van der Waals surface area (Å²) in [7, 11) is 1.64. The van der Waals surface area contributed by atoms with Crippen molar-refractivity contribution in [3.63, 3.8) is 0 Å². The first-order valence-corrected chi connectivity index (χ1v) is 12.1. The van der Waals surface area contributed by atoms with Gasteiger partial charge in [0.05, 0.1) is 11.6 Å². The molecule has 2 atom stereocenters. The third kappa shape index (κ3) is 4.56. The molecule has 9 heteroatoms. The second-order valence-electron chi connectivity index (χ2n) is 9.48. The molecule has 0 amide bonds. The normalized spacial score (nSPS) is 18.4. The zero-order valence-corrected chi connectivity index (χ0v) is 20.8. The van der Waals surface area contributed by atoms with Crippen molar-refractivity contribution in [1.82, 2.24) is 19.4 Å². The van der Waals surface area contributed by atoms with Crippen LogP contribution in [0.25, 0.3) is 15.9 Å². The zero-order chi connectivity index (χ0) is 26.3. The SMILES string of the molecule is [C-]#[N+]c1ccc2c(n1)c(N1C[C@@H](C)N(C(c3ccc(F)cc3)c3ccc(F)cc3)C[C@@H]1C)nc(=O)n2C. The summed E-state index contributed by atoms with van der Waals surface area (Å²) in [5.74, 6) is 0.0643. The van der Waals surface area contributed by atoms with Crippen molar-refractivity contribution in [1.29, 1.82) is 0 Å². The van der Waals surface area contributed by atoms with Crippen LogP contribution in [0.1, 0.15) is 31.0 Å². The molecule has 4 aromatic rings. The number of pyridine rings is 1. The lowest BCUT2D eigenvalue weighted by atomic mass is 9.93. The van der Waals surface area contributed by atoms with Gasteiger partial charge in [-0.15, -0.1) is 4.98 Å². The standard InChI is InChI=1S/C28H26F2N6O/c1-17-16-36(27-25-23(34(4)28(37)33-27)13-14-24(31-3)32-25)18(2)15-35(17)26(19-5-9-21(29)10-6-19)20-7-11-22(30)12-8-20/h5-14,17-18,26H,15-16H2,1-2,4H3/t17-,18+/m1/s1. The van der Waals surface area contributed by atoms with E-state index in [9.17, 15) is 13.6 Å². The van der Waals surface area contributed by atoms with Crippen LogP contribution in [0.4, 0.5) is 20.4 Å². The molecule has 0 spiro atoms. The van der Waals surface area contributed by atoms with Gasteiger partial charge in [0.15, 0.2) is 5.82 Å². The number of benzene rings is 2. The van der Waals surface area contributed by atoms with Crippen LogP contribution in [0, 0.1) is 18.2 Å². The van der Waals surface area contributed by atoms with Gasteiger partial charge in [-0.3, -0.25) is 9.47 Å². The molecule has 2 aromatic heterocycles. The third-order valence-corrected chi connectivity index (χ3v) is 7.04. The van der Waals surface area contributed by atoms with E-state index in [1.807, 2.05) is 0 Å². The monoisotopic (exact) mass is 500 g/mol. The van der Waals surface area contributed by atoms with Crippen molar-refractivity contribution in [2.45, 2.75) is 32.0 Å². The van der Waals surface area contributed by atoms with E-state index in [1.165, 1.54) is 28.8 Å². The van der Waals surface area contributed by atoms with Crippen LogP contribution in [0.3, 0.4) is 0 Å². The molecule has 0 saturated carbocycles. The number of piperazine rings is 1. The molecule has 1 saturated heterocycles. The average Bonchev–Trinajstić information content (AvgIpc) is 2.90. The van der Waals surface area contributed by atoms with Crippen LogP contribution in [-0.2, 0) is 7.05 Å². The van der Waals surface area contributed by atoms with Crippen LogP contribution in [0.2, 0.25) is 0 Å². The maximum atomic E-state index is 13.7. The molecule has 0 N–H and O–H groups in total. The summed E-state index contributed by atoms with van der Waals surface area (Å²) in [5, 5.41) is 0. The molecule has 0 aliphatic carbocycles. The molecular formula is C28H26F2N6O. The van der Waals surface area contributed by atoms with Gasteiger partial charge in [0.25, 0.3) is 5.82 Å². The molecule has 1 aliphatic heterocycles. The van der Waals surface area contributed by atoms with Crippen molar-refractivity contribution in [3.8, 4) is 0 Å². The van der Waals surface area contributed by atoms with Crippen LogP contribution in [0.5, 0.6) is 0 Å². The Morgan fingerprint density at radius 1 is 0.892 bits per heavy atom. The fourth-order valence-electron chi connectivity index (χ4n) is 5.13. The summed E-state index contributed by atoms with van der Waals surface area (Å²) in [5.41, 5.74) is 2.54. The fourth-order valence-corrected chi connectivity index (χ4v) is 5.13. The topological polar surface area (TPSA) is 58.6 Å². The van der Waals surface area contributed by atoms with Gasteiger partial charge in [-0.1, -0.05) is 30.8 Å². The van der Waals surface area contributed by atoms with E-state index < -0.39 is 5.69 Å². The van der Waals surface area contributed by atoms with Gasteiger partial charge in [0.2, 0.25) is 5.52 Å². The maximum Gasteiger partial charge on any atom is 0.350 e. The summed E-state index contributed by atoms with van der Waals surface area (Å²) in [6.45, 7) is 12.6. The van der Waals surface area contributed by atoms with Crippen molar-refractivity contribution in [2.75, 3.05) is 18.0 Å². The van der Waals surface area contributed by atoms with E-state index in [2.05, 4.69) is 38.5 Å². The van der Waals surface area contributed by atoms with Gasteiger partial charge >= 0.3 is 5.69 Å². The number of halogens is 2. The highest BCUT2D eigenvalue weighted by Gasteiger charge is 2.37. The van der Waals surface area contributed by atoms with Gasteiger partial charge in [-0.05, 0) is 61.4 Å². The molecule has 1 fully saturated rings. The number of hydrogen-bond acceptors (Lipinski definition) is 5. The van der Waals surface area contributed by atoms with Gasteiger partial charge in [0.1, 0.15) is 11.6 Å². The quantitative estimate of drug-likeness (QED) is 0.375. The first kappa shape index (κ1) is 24.5. The van der Waals surface area contributed by atoms with Crippen molar-refractivity contribution in [3.05, 3.63) is 105 Å². The lowest BCUT2D eigenvalue weighted by molar-refractivity contribution is 0.129. The smallest absolute Gasteiger partial charge is 0.350 e. The van der Waals surface area contributed by atoms with E-state index in [1.54, 1.807) is 43.4 Å². The highest BCUT2D eigenvalue weighted by atomic mass is 19.1. The van der Waals surface area contributed by atoms with Gasteiger partial charge < -0.3 is 9.74 Å². The van der Waals surface area contributed by atoms with Crippen molar-refractivity contribution >= 4 is 22.7 Å². The number of nitrogens with zero attached hydrogens (tertiary/aromatic N) is 6. The van der Waals surface area contributed by atoms with Gasteiger partial charge in [-0.25, -0.2) is 13.6 Å². The summed E-state index contributed by atoms with van der Waals surface area (Å²) in [4.78, 5) is 29.4. The first-order valence-electron chi connectivity index (χ1n) is 12.1. The summed E-state index contributed by atoms with van der Waals surface area (Å²) >= 11 is 0. The van der Waals surface area contributed by atoms with Gasteiger partial charge in [-0.2, -0.15) is 4.98 Å². The molecule has 7 nitrogen and oxygen atoms in total. The Bertz CT molecular complexity index is 1500. The van der Waals surface area contributed by atoms with E-state index >= 15 is 0 Å². The number of rotatable bonds is 4. The molecule has 2 aromatic carbocycles. The molecule has 188 valence electrons. The average molecular weight is 501 g/mol. The Kier molecular flexibility index (Phi) is 6.44. The number of anilines is 1. The molecule has 0 bridgehead atoms. The summed E-state index contributed by atoms with van der Waals surface area (Å²) < 4.78 is 28.9. The number of aryl methyl sites for hydroxylation is 1. The number of aromatic nitrogens is 3. The second-order valence-corrected chi connectivity index (χ2v) is 9.48. The highest BCUT2D eigenvalue weighted by molar-refractivity contribution is 5.87. The summed E-state index contributed by atoms with van der Waals surface area (Å²) in [6.07, 6.45) is 0. The zero-order valence-electron chi connectivity index (χ0n) is 20.8. The predicted molar refractivity (Wildman–Crippen MR) is 139 cm³/mol. The van der Waals surface area contributed by atoms with Crippen LogP contribution < -0.4 is 10.6 Å². The highest BCUT2D eigenvalue weighted by Crippen LogP contribution is 2.35. The Labute approximate surface area is 213 Å². The Balaban J connectivity index is 1.55. The van der Waals surface area contributed by atoms with Crippen molar-refractivity contribution < 1.29 is 8.78 Å². The van der Waals surface area contributed by atoms with Crippen molar-refractivity contribution in [2.24, 2.45) is 7.05 Å². The third-order valence-electron chi connectivity index (χ3n) is 7.04. The van der Waals surface area contributed by atoms with Crippen LogP contribution >= 0.6 is 0 Å². The molecule has 37 heavy (non-hydrogen) atoms. The van der Waals surface area contributed by atoms with E-state index in [0.717, 1.165) is 11.1 Å². The van der Waals surface area contributed by atoms with Crippen LogP contribution in [-0.4, -0.2) is 44.6 Å². The number of hydrogen-bond donors (Lipinski definition) is 0. The summed E-state index contributed by atoms with van der Waals surface area (Å²) in [6, 6.07) is 15.8. The lowest BCUT2D eigenvalue weighted by Crippen LogP contribution is -2.58. The van der Waals surface area contributed by atoms with Gasteiger partial charge in [0, 0.05) is 32.2 Å². The maximum absolute atomic E-state index is 13.7. The minimum atomic E-state index is -0.391. The Morgan fingerprint density at radius 2 is 1.49 bits per heavy atom. The fraction of sp³-hybridized carbons (Fsp3) is 0.286. The molecule has 3 heterocycles. The molecule has 1 aliphatic rings. The minimum Gasteiger partial charge on any atom is -0.361 e.